The minimum atomic E-state index is -0.485. The van der Waals surface area contributed by atoms with Crippen LogP contribution in [0.25, 0.3) is 0 Å². The number of halogens is 2. The van der Waals surface area contributed by atoms with Gasteiger partial charge in [0.15, 0.2) is 0 Å². The van der Waals surface area contributed by atoms with E-state index in [0.717, 1.165) is 12.8 Å². The topological polar surface area (TPSA) is 37.4 Å². The SMILES string of the molecule is CC(CCCl)CCN1C(=O)C(=O)c2cccc(Cl)c21. The van der Waals surface area contributed by atoms with Crippen molar-refractivity contribution in [1.29, 1.82) is 0 Å². The van der Waals surface area contributed by atoms with Crippen LogP contribution in [0.1, 0.15) is 30.1 Å². The van der Waals surface area contributed by atoms with Crippen LogP contribution >= 0.6 is 23.2 Å². The van der Waals surface area contributed by atoms with Gasteiger partial charge in [0.25, 0.3) is 11.7 Å². The molecule has 1 aromatic carbocycles. The second-order valence-electron chi connectivity index (χ2n) is 4.79. The third kappa shape index (κ3) is 2.77. The zero-order chi connectivity index (χ0) is 14.0. The van der Waals surface area contributed by atoms with Crippen LogP contribution in [0.5, 0.6) is 0 Å². The van der Waals surface area contributed by atoms with Gasteiger partial charge >= 0.3 is 0 Å². The molecule has 1 unspecified atom stereocenters. The van der Waals surface area contributed by atoms with E-state index in [-0.39, 0.29) is 0 Å². The number of carbonyl (C=O) groups is 2. The van der Waals surface area contributed by atoms with Gasteiger partial charge in [-0.1, -0.05) is 24.6 Å². The van der Waals surface area contributed by atoms with Crippen LogP contribution in [0.2, 0.25) is 5.02 Å². The summed E-state index contributed by atoms with van der Waals surface area (Å²) in [6, 6.07) is 5.02. The summed E-state index contributed by atoms with van der Waals surface area (Å²) >= 11 is 11.8. The van der Waals surface area contributed by atoms with E-state index in [0.29, 0.717) is 34.6 Å². The van der Waals surface area contributed by atoms with Gasteiger partial charge in [-0.25, -0.2) is 0 Å². The molecule has 0 saturated carbocycles. The van der Waals surface area contributed by atoms with E-state index in [1.807, 2.05) is 0 Å². The number of Topliss-reactive ketones (excluding diaryl/α,β-unsaturated/α-hetero) is 1. The summed E-state index contributed by atoms with van der Waals surface area (Å²) < 4.78 is 0. The van der Waals surface area contributed by atoms with Crippen molar-refractivity contribution in [3.8, 4) is 0 Å². The highest BCUT2D eigenvalue weighted by molar-refractivity contribution is 6.54. The second kappa shape index (κ2) is 5.93. The molecule has 1 amide bonds. The molecular formula is C14H15Cl2NO2. The number of nitrogens with zero attached hydrogens (tertiary/aromatic N) is 1. The maximum absolute atomic E-state index is 12.0. The Labute approximate surface area is 122 Å². The summed E-state index contributed by atoms with van der Waals surface area (Å²) in [7, 11) is 0. The summed E-state index contributed by atoms with van der Waals surface area (Å²) in [5.41, 5.74) is 0.958. The zero-order valence-corrected chi connectivity index (χ0v) is 12.2. The van der Waals surface area contributed by atoms with Crippen molar-refractivity contribution in [2.75, 3.05) is 17.3 Å². The van der Waals surface area contributed by atoms with Crippen molar-refractivity contribution in [2.24, 2.45) is 5.92 Å². The van der Waals surface area contributed by atoms with Gasteiger partial charge in [0.1, 0.15) is 0 Å². The molecule has 102 valence electrons. The minimum absolute atomic E-state index is 0.405. The van der Waals surface area contributed by atoms with Crippen molar-refractivity contribution in [3.63, 3.8) is 0 Å². The molecule has 19 heavy (non-hydrogen) atoms. The average Bonchev–Trinajstić information content (AvgIpc) is 2.62. The number of para-hydroxylation sites is 1. The molecule has 0 fully saturated rings. The van der Waals surface area contributed by atoms with Crippen LogP contribution in [0, 0.1) is 5.92 Å². The fourth-order valence-electron chi connectivity index (χ4n) is 2.21. The Kier molecular flexibility index (Phi) is 4.48. The van der Waals surface area contributed by atoms with E-state index in [1.54, 1.807) is 18.2 Å². The maximum atomic E-state index is 12.0. The van der Waals surface area contributed by atoms with E-state index >= 15 is 0 Å². The quantitative estimate of drug-likeness (QED) is 0.616. The van der Waals surface area contributed by atoms with Crippen LogP contribution in [-0.2, 0) is 4.79 Å². The van der Waals surface area contributed by atoms with Gasteiger partial charge in [-0.2, -0.15) is 0 Å². The molecule has 1 aromatic rings. The number of hydrogen-bond donors (Lipinski definition) is 0. The summed E-state index contributed by atoms with van der Waals surface area (Å²) in [5.74, 6) is 0.0568. The Morgan fingerprint density at radius 1 is 1.26 bits per heavy atom. The van der Waals surface area contributed by atoms with Gasteiger partial charge in [-0.15, -0.1) is 11.6 Å². The van der Waals surface area contributed by atoms with Crippen molar-refractivity contribution in [2.45, 2.75) is 19.8 Å². The van der Waals surface area contributed by atoms with Crippen LogP contribution in [0.4, 0.5) is 5.69 Å². The van der Waals surface area contributed by atoms with Gasteiger partial charge in [0, 0.05) is 12.4 Å². The molecule has 0 saturated heterocycles. The van der Waals surface area contributed by atoms with Crippen LogP contribution in [0.3, 0.4) is 0 Å². The second-order valence-corrected chi connectivity index (χ2v) is 5.58. The van der Waals surface area contributed by atoms with Crippen molar-refractivity contribution < 1.29 is 9.59 Å². The summed E-state index contributed by atoms with van der Waals surface area (Å²) in [5, 5.41) is 0.446. The standard InChI is InChI=1S/C14H15Cl2NO2/c1-9(5-7-15)6-8-17-12-10(13(18)14(17)19)3-2-4-11(12)16/h2-4,9H,5-8H2,1H3. The van der Waals surface area contributed by atoms with E-state index < -0.39 is 11.7 Å². The zero-order valence-electron chi connectivity index (χ0n) is 10.7. The van der Waals surface area contributed by atoms with Gasteiger partial charge in [0.2, 0.25) is 0 Å². The first-order valence-corrected chi connectivity index (χ1v) is 7.18. The van der Waals surface area contributed by atoms with E-state index in [4.69, 9.17) is 23.2 Å². The highest BCUT2D eigenvalue weighted by atomic mass is 35.5. The first-order valence-electron chi connectivity index (χ1n) is 6.27. The van der Waals surface area contributed by atoms with Gasteiger partial charge < -0.3 is 4.90 Å². The largest absolute Gasteiger partial charge is 0.303 e. The van der Waals surface area contributed by atoms with Gasteiger partial charge in [-0.3, -0.25) is 9.59 Å². The molecular weight excluding hydrogens is 285 g/mol. The molecule has 0 spiro atoms. The van der Waals surface area contributed by atoms with E-state index in [1.165, 1.54) is 4.90 Å². The Bertz CT molecular complexity index is 516. The maximum Gasteiger partial charge on any atom is 0.299 e. The number of carbonyl (C=O) groups excluding carboxylic acids is 2. The molecule has 0 aromatic heterocycles. The lowest BCUT2D eigenvalue weighted by Crippen LogP contribution is -2.31. The fourth-order valence-corrected chi connectivity index (χ4v) is 2.85. The van der Waals surface area contributed by atoms with Crippen molar-refractivity contribution >= 4 is 40.6 Å². The molecule has 2 rings (SSSR count). The van der Waals surface area contributed by atoms with Crippen molar-refractivity contribution in [1.82, 2.24) is 0 Å². The number of ketones is 1. The van der Waals surface area contributed by atoms with Crippen molar-refractivity contribution in [3.05, 3.63) is 28.8 Å². The van der Waals surface area contributed by atoms with Crippen LogP contribution < -0.4 is 4.90 Å². The normalized spacial score (nSPS) is 15.8. The predicted octanol–water partition coefficient (Wildman–Crippen LogP) is 3.52. The molecule has 1 aliphatic rings. The average molecular weight is 300 g/mol. The summed E-state index contributed by atoms with van der Waals surface area (Å²) in [4.78, 5) is 25.3. The number of amides is 1. The fraction of sp³-hybridized carbons (Fsp3) is 0.429. The number of benzene rings is 1. The molecule has 1 aliphatic heterocycles. The van der Waals surface area contributed by atoms with Crippen LogP contribution in [0.15, 0.2) is 18.2 Å². The molecule has 1 atom stereocenters. The van der Waals surface area contributed by atoms with Crippen LogP contribution in [-0.4, -0.2) is 24.1 Å². The summed E-state index contributed by atoms with van der Waals surface area (Å²) in [6.45, 7) is 2.58. The minimum Gasteiger partial charge on any atom is -0.303 e. The lowest BCUT2D eigenvalue weighted by atomic mass is 10.1. The number of hydrogen-bond acceptors (Lipinski definition) is 2. The molecule has 1 heterocycles. The Balaban J connectivity index is 2.19. The first-order chi connectivity index (χ1) is 9.06. The summed E-state index contributed by atoms with van der Waals surface area (Å²) in [6.07, 6.45) is 1.70. The monoisotopic (exact) mass is 299 g/mol. The lowest BCUT2D eigenvalue weighted by Gasteiger charge is -2.19. The molecule has 3 nitrogen and oxygen atoms in total. The number of fused-ring (bicyclic) bond motifs is 1. The molecule has 0 bridgehead atoms. The molecule has 0 radical (unpaired) electrons. The Morgan fingerprint density at radius 3 is 2.68 bits per heavy atom. The Hall–Kier alpha value is -1.06. The number of anilines is 1. The first kappa shape index (κ1) is 14.4. The smallest absolute Gasteiger partial charge is 0.299 e. The number of alkyl halides is 1. The highest BCUT2D eigenvalue weighted by Crippen LogP contribution is 2.36. The van der Waals surface area contributed by atoms with E-state index in [2.05, 4.69) is 6.92 Å². The Morgan fingerprint density at radius 2 is 2.00 bits per heavy atom. The third-order valence-electron chi connectivity index (χ3n) is 3.39. The lowest BCUT2D eigenvalue weighted by molar-refractivity contribution is -0.114. The van der Waals surface area contributed by atoms with E-state index in [9.17, 15) is 9.59 Å². The number of rotatable bonds is 5. The third-order valence-corrected chi connectivity index (χ3v) is 3.91. The predicted molar refractivity (Wildman–Crippen MR) is 77.3 cm³/mol. The molecule has 5 heteroatoms. The molecule has 0 N–H and O–H groups in total. The van der Waals surface area contributed by atoms with Gasteiger partial charge in [0.05, 0.1) is 16.3 Å². The highest BCUT2D eigenvalue weighted by Gasteiger charge is 2.36. The van der Waals surface area contributed by atoms with Gasteiger partial charge in [-0.05, 0) is 30.9 Å². The molecule has 0 aliphatic carbocycles.